The van der Waals surface area contributed by atoms with Gasteiger partial charge in [0.15, 0.2) is 0 Å². The molecule has 5 heterocycles. The average molecular weight is 715 g/mol. The topological polar surface area (TPSA) is 83.8 Å². The molecule has 5 atom stereocenters. The molecule has 0 aromatic heterocycles. The van der Waals surface area contributed by atoms with Crippen LogP contribution in [-0.2, 0) is 22.6 Å². The summed E-state index contributed by atoms with van der Waals surface area (Å²) in [5, 5.41) is 2.35. The van der Waals surface area contributed by atoms with Gasteiger partial charge in [0, 0.05) is 54.5 Å². The van der Waals surface area contributed by atoms with Crippen LogP contribution < -0.4 is 4.74 Å². The molecule has 0 bridgehead atoms. The Hall–Kier alpha value is -4.46. The van der Waals surface area contributed by atoms with Crippen LogP contribution >= 0.6 is 0 Å². The highest BCUT2D eigenvalue weighted by Crippen LogP contribution is 2.45. The fraction of sp³-hybridized carbons (Fsp3) is 0.511. The van der Waals surface area contributed by atoms with E-state index in [-0.39, 0.29) is 36.0 Å². The van der Waals surface area contributed by atoms with Crippen LogP contribution in [0.4, 0.5) is 10.5 Å². The lowest BCUT2D eigenvalue weighted by atomic mass is 9.89. The first-order valence-electron chi connectivity index (χ1n) is 19.8. The first kappa shape index (κ1) is 35.6. The van der Waals surface area contributed by atoms with Gasteiger partial charge in [-0.3, -0.25) is 19.7 Å². The number of amides is 2. The standard InChI is InChI=1S/C45H54N4O4/c1-9-28-16-41(48(23-28)44(51)53-45(6,7)8)38-19-31(22-46-38)29-11-13-33-32(17-29)24-52-42-21-34-30(18-36(33)42)12-14-37-35(34)20-39(47-37)40-15-10-26(4)49(40)43(50)27(5)25(2)3/h11-14,17-18,21-22,25-28,40-41H,9-10,15-16,19-20,23-24H2,1-8H3/t26-,27-,28-,40-,41-/m0/s1. The summed E-state index contributed by atoms with van der Waals surface area (Å²) in [6.07, 6.45) is 7.15. The maximum atomic E-state index is 13.6. The Morgan fingerprint density at radius 1 is 0.981 bits per heavy atom. The number of likely N-dealkylation sites (tertiary alicyclic amines) is 2. The van der Waals surface area contributed by atoms with Crippen molar-refractivity contribution in [1.82, 2.24) is 9.80 Å². The van der Waals surface area contributed by atoms with Crippen molar-refractivity contribution in [2.45, 2.75) is 124 Å². The molecule has 8 rings (SSSR count). The van der Waals surface area contributed by atoms with E-state index in [1.165, 1.54) is 21.9 Å². The van der Waals surface area contributed by atoms with Crippen molar-refractivity contribution < 1.29 is 19.1 Å². The van der Waals surface area contributed by atoms with E-state index in [1.54, 1.807) is 0 Å². The Morgan fingerprint density at radius 3 is 2.55 bits per heavy atom. The van der Waals surface area contributed by atoms with Gasteiger partial charge in [0.05, 0.1) is 17.8 Å². The number of nitrogens with zero attached hydrogens (tertiary/aromatic N) is 4. The maximum absolute atomic E-state index is 13.6. The fourth-order valence-electron chi connectivity index (χ4n) is 9.01. The number of hydrogen-bond donors (Lipinski definition) is 0. The van der Waals surface area contributed by atoms with E-state index in [0.29, 0.717) is 25.0 Å². The van der Waals surface area contributed by atoms with Crippen molar-refractivity contribution in [2.75, 3.05) is 6.54 Å². The van der Waals surface area contributed by atoms with Crippen molar-refractivity contribution in [3.63, 3.8) is 0 Å². The molecule has 2 saturated heterocycles. The molecule has 5 aliphatic rings. The number of carbonyl (C=O) groups excluding carboxylic acids is 2. The van der Waals surface area contributed by atoms with Gasteiger partial charge in [-0.25, -0.2) is 4.79 Å². The first-order chi connectivity index (χ1) is 25.3. The Balaban J connectivity index is 1.00. The highest BCUT2D eigenvalue weighted by molar-refractivity contribution is 6.07. The molecule has 5 aliphatic heterocycles. The van der Waals surface area contributed by atoms with Gasteiger partial charge in [-0.15, -0.1) is 0 Å². The summed E-state index contributed by atoms with van der Waals surface area (Å²) in [6, 6.07) is 15.7. The summed E-state index contributed by atoms with van der Waals surface area (Å²) in [5.74, 6) is 1.90. The lowest BCUT2D eigenvalue weighted by Crippen LogP contribution is -2.47. The van der Waals surface area contributed by atoms with Crippen molar-refractivity contribution in [1.29, 1.82) is 0 Å². The van der Waals surface area contributed by atoms with Crippen LogP contribution in [0.3, 0.4) is 0 Å². The lowest BCUT2D eigenvalue weighted by molar-refractivity contribution is -0.137. The molecule has 8 heteroatoms. The molecule has 0 aliphatic carbocycles. The van der Waals surface area contributed by atoms with Crippen LogP contribution in [0.1, 0.15) is 104 Å². The summed E-state index contributed by atoms with van der Waals surface area (Å²) >= 11 is 0. The Bertz CT molecular complexity index is 2090. The largest absolute Gasteiger partial charge is 0.488 e. The second-order valence-electron chi connectivity index (χ2n) is 17.4. The zero-order valence-electron chi connectivity index (χ0n) is 32.7. The second kappa shape index (κ2) is 13.4. The van der Waals surface area contributed by atoms with Crippen LogP contribution in [0.15, 0.2) is 58.6 Å². The third-order valence-corrected chi connectivity index (χ3v) is 12.4. The predicted molar refractivity (Wildman–Crippen MR) is 213 cm³/mol. The SMILES string of the molecule is CC[C@H]1C[C@@H](C2=NC=C(c3ccc4c(c3)COc3cc5c6c(ccc5cc3-4)N=C([C@@H]3CC[C@H](C)N3C(=O)[C@@H](C)C(C)C)C6)C2)N(C(=O)OC(C)(C)C)C1. The zero-order chi connectivity index (χ0) is 37.3. The normalized spacial score (nSPS) is 24.1. The fourth-order valence-corrected chi connectivity index (χ4v) is 9.01. The third-order valence-electron chi connectivity index (χ3n) is 12.4. The van der Waals surface area contributed by atoms with Gasteiger partial charge in [-0.1, -0.05) is 52.3 Å². The average Bonchev–Trinajstić information content (AvgIpc) is 3.94. The molecule has 3 aromatic carbocycles. The van der Waals surface area contributed by atoms with E-state index >= 15 is 0 Å². The van der Waals surface area contributed by atoms with Gasteiger partial charge < -0.3 is 14.4 Å². The van der Waals surface area contributed by atoms with E-state index in [9.17, 15) is 9.59 Å². The third kappa shape index (κ3) is 6.46. The molecule has 3 aromatic rings. The Labute approximate surface area is 314 Å². The molecule has 0 N–H and O–H groups in total. The van der Waals surface area contributed by atoms with E-state index in [2.05, 4.69) is 82.0 Å². The number of fused-ring (bicyclic) bond motifs is 6. The molecular weight excluding hydrogens is 661 g/mol. The van der Waals surface area contributed by atoms with Crippen LogP contribution in [0, 0.1) is 17.8 Å². The predicted octanol–water partition coefficient (Wildman–Crippen LogP) is 9.92. The summed E-state index contributed by atoms with van der Waals surface area (Å²) in [5.41, 5.74) is 9.63. The molecule has 0 spiro atoms. The molecule has 53 heavy (non-hydrogen) atoms. The van der Waals surface area contributed by atoms with Gasteiger partial charge in [0.1, 0.15) is 18.0 Å². The van der Waals surface area contributed by atoms with Crippen LogP contribution in [0.5, 0.6) is 5.75 Å². The quantitative estimate of drug-likeness (QED) is 0.255. The molecule has 0 saturated carbocycles. The minimum atomic E-state index is -0.536. The lowest BCUT2D eigenvalue weighted by Gasteiger charge is -2.32. The van der Waals surface area contributed by atoms with E-state index in [1.807, 2.05) is 31.9 Å². The van der Waals surface area contributed by atoms with Crippen LogP contribution in [0.25, 0.3) is 27.5 Å². The summed E-state index contributed by atoms with van der Waals surface area (Å²) in [6.45, 7) is 17.7. The van der Waals surface area contributed by atoms with Crippen molar-refractivity contribution in [3.05, 3.63) is 65.4 Å². The molecular formula is C45H54N4O4. The number of benzene rings is 3. The summed E-state index contributed by atoms with van der Waals surface area (Å²) in [7, 11) is 0. The van der Waals surface area contributed by atoms with Gasteiger partial charge in [-0.05, 0) is 122 Å². The smallest absolute Gasteiger partial charge is 0.410 e. The maximum Gasteiger partial charge on any atom is 0.410 e. The van der Waals surface area contributed by atoms with Gasteiger partial charge in [-0.2, -0.15) is 0 Å². The number of carbonyl (C=O) groups is 2. The van der Waals surface area contributed by atoms with E-state index < -0.39 is 5.60 Å². The highest BCUT2D eigenvalue weighted by atomic mass is 16.6. The molecule has 278 valence electrons. The molecule has 8 nitrogen and oxygen atoms in total. The van der Waals surface area contributed by atoms with Crippen LogP contribution in [-0.4, -0.2) is 63.5 Å². The molecule has 0 radical (unpaired) electrons. The monoisotopic (exact) mass is 714 g/mol. The van der Waals surface area contributed by atoms with Crippen molar-refractivity contribution >= 4 is 45.5 Å². The minimum Gasteiger partial charge on any atom is -0.488 e. The Kier molecular flexibility index (Phi) is 9.02. The van der Waals surface area contributed by atoms with Gasteiger partial charge in [0.25, 0.3) is 0 Å². The molecule has 0 unspecified atom stereocenters. The van der Waals surface area contributed by atoms with Crippen molar-refractivity contribution in [3.8, 4) is 16.9 Å². The van der Waals surface area contributed by atoms with E-state index in [0.717, 1.165) is 83.6 Å². The summed E-state index contributed by atoms with van der Waals surface area (Å²) in [4.78, 5) is 40.9. The zero-order valence-corrected chi connectivity index (χ0v) is 32.7. The minimum absolute atomic E-state index is 0.00560. The summed E-state index contributed by atoms with van der Waals surface area (Å²) < 4.78 is 12.3. The van der Waals surface area contributed by atoms with E-state index in [4.69, 9.17) is 19.5 Å². The Morgan fingerprint density at radius 2 is 1.79 bits per heavy atom. The van der Waals surface area contributed by atoms with Crippen molar-refractivity contribution in [2.24, 2.45) is 27.7 Å². The van der Waals surface area contributed by atoms with Gasteiger partial charge >= 0.3 is 6.09 Å². The molecule has 2 amide bonds. The first-order valence-corrected chi connectivity index (χ1v) is 19.8. The number of rotatable bonds is 6. The number of aliphatic imine (C=N–C) groups is 2. The number of ether oxygens (including phenoxy) is 2. The van der Waals surface area contributed by atoms with Gasteiger partial charge in [0.2, 0.25) is 5.91 Å². The number of allylic oxidation sites excluding steroid dienone is 1. The number of hydrogen-bond acceptors (Lipinski definition) is 6. The highest BCUT2D eigenvalue weighted by Gasteiger charge is 2.42. The second-order valence-corrected chi connectivity index (χ2v) is 17.4. The van der Waals surface area contributed by atoms with Crippen LogP contribution in [0.2, 0.25) is 0 Å². The molecule has 2 fully saturated rings.